The lowest BCUT2D eigenvalue weighted by Gasteiger charge is -2.08. The molecule has 1 amide bonds. The largest absolute Gasteiger partial charge is 0.464 e. The molecule has 2 rings (SSSR count). The average Bonchev–Trinajstić information content (AvgIpc) is 2.90. The molecule has 110 valence electrons. The number of hydrogen-bond acceptors (Lipinski definition) is 3. The van der Waals surface area contributed by atoms with Crippen LogP contribution >= 0.6 is 11.6 Å². The second-order valence-electron chi connectivity index (χ2n) is 4.56. The first-order valence-electron chi connectivity index (χ1n) is 6.51. The molecule has 1 unspecified atom stereocenters. The minimum absolute atomic E-state index is 0.0820. The van der Waals surface area contributed by atoms with Crippen molar-refractivity contribution in [3.63, 3.8) is 0 Å². The number of nitrogens with one attached hydrogen (secondary N) is 1. The Morgan fingerprint density at radius 2 is 2.14 bits per heavy atom. The standard InChI is InChI=1S/C16H16ClNO3/c1-11-6-8-15(21-11)14(19)10-18-16(20)9-7-12-4-2-3-5-13(12)17/h2-9,14,19H,10H2,1H3,(H,18,20)/b9-7+. The summed E-state index contributed by atoms with van der Waals surface area (Å²) in [6.07, 6.45) is 2.14. The van der Waals surface area contributed by atoms with Gasteiger partial charge in [0.15, 0.2) is 0 Å². The molecule has 2 N–H and O–H groups in total. The molecule has 5 heteroatoms. The maximum atomic E-state index is 11.7. The van der Waals surface area contributed by atoms with E-state index in [0.29, 0.717) is 16.5 Å². The number of halogens is 1. The van der Waals surface area contributed by atoms with Crippen molar-refractivity contribution in [1.82, 2.24) is 5.32 Å². The zero-order valence-corrected chi connectivity index (χ0v) is 12.3. The van der Waals surface area contributed by atoms with Gasteiger partial charge in [-0.3, -0.25) is 4.79 Å². The summed E-state index contributed by atoms with van der Waals surface area (Å²) < 4.78 is 5.29. The molecule has 1 atom stereocenters. The van der Waals surface area contributed by atoms with Gasteiger partial charge in [-0.1, -0.05) is 29.8 Å². The van der Waals surface area contributed by atoms with Crippen molar-refractivity contribution in [2.75, 3.05) is 6.54 Å². The van der Waals surface area contributed by atoms with Crippen LogP contribution in [0.2, 0.25) is 5.02 Å². The first kappa shape index (κ1) is 15.4. The number of amides is 1. The van der Waals surface area contributed by atoms with E-state index in [1.54, 1.807) is 31.2 Å². The van der Waals surface area contributed by atoms with E-state index >= 15 is 0 Å². The molecule has 1 heterocycles. The highest BCUT2D eigenvalue weighted by molar-refractivity contribution is 6.32. The van der Waals surface area contributed by atoms with Gasteiger partial charge in [-0.05, 0) is 36.8 Å². The number of benzene rings is 1. The number of furan rings is 1. The highest BCUT2D eigenvalue weighted by Gasteiger charge is 2.11. The summed E-state index contributed by atoms with van der Waals surface area (Å²) in [5, 5.41) is 13.0. The first-order valence-corrected chi connectivity index (χ1v) is 6.89. The third-order valence-corrected chi connectivity index (χ3v) is 3.22. The number of aryl methyl sites for hydroxylation is 1. The number of aliphatic hydroxyl groups excluding tert-OH is 1. The smallest absolute Gasteiger partial charge is 0.244 e. The molecular weight excluding hydrogens is 290 g/mol. The lowest BCUT2D eigenvalue weighted by molar-refractivity contribution is -0.116. The quantitative estimate of drug-likeness (QED) is 0.834. The Labute approximate surface area is 128 Å². The van der Waals surface area contributed by atoms with E-state index in [0.717, 1.165) is 5.56 Å². The monoisotopic (exact) mass is 305 g/mol. The van der Waals surface area contributed by atoms with Crippen LogP contribution in [0.25, 0.3) is 6.08 Å². The topological polar surface area (TPSA) is 62.5 Å². The van der Waals surface area contributed by atoms with Crippen molar-refractivity contribution in [1.29, 1.82) is 0 Å². The summed E-state index contributed by atoms with van der Waals surface area (Å²) in [6.45, 7) is 1.87. The Morgan fingerprint density at radius 3 is 2.81 bits per heavy atom. The molecular formula is C16H16ClNO3. The van der Waals surface area contributed by atoms with Crippen LogP contribution in [-0.4, -0.2) is 17.6 Å². The molecule has 21 heavy (non-hydrogen) atoms. The molecule has 0 fully saturated rings. The zero-order chi connectivity index (χ0) is 15.2. The predicted molar refractivity (Wildman–Crippen MR) is 81.9 cm³/mol. The second-order valence-corrected chi connectivity index (χ2v) is 4.97. The van der Waals surface area contributed by atoms with Gasteiger partial charge in [-0.25, -0.2) is 0 Å². The maximum absolute atomic E-state index is 11.7. The molecule has 0 spiro atoms. The van der Waals surface area contributed by atoms with E-state index in [9.17, 15) is 9.90 Å². The van der Waals surface area contributed by atoms with Crippen molar-refractivity contribution in [2.24, 2.45) is 0 Å². The van der Waals surface area contributed by atoms with Gasteiger partial charge in [0.2, 0.25) is 5.91 Å². The lowest BCUT2D eigenvalue weighted by atomic mass is 10.2. The molecule has 1 aromatic heterocycles. The van der Waals surface area contributed by atoms with Gasteiger partial charge in [0.25, 0.3) is 0 Å². The van der Waals surface area contributed by atoms with Crippen LogP contribution in [0.15, 0.2) is 46.9 Å². The Bertz CT molecular complexity index is 648. The van der Waals surface area contributed by atoms with Gasteiger partial charge >= 0.3 is 0 Å². The van der Waals surface area contributed by atoms with Crippen LogP contribution in [0, 0.1) is 6.92 Å². The number of carbonyl (C=O) groups excluding carboxylic acids is 1. The van der Waals surface area contributed by atoms with Gasteiger partial charge in [-0.2, -0.15) is 0 Å². The van der Waals surface area contributed by atoms with Gasteiger partial charge in [0.05, 0.1) is 6.54 Å². The Morgan fingerprint density at radius 1 is 1.38 bits per heavy atom. The third-order valence-electron chi connectivity index (χ3n) is 2.88. The van der Waals surface area contributed by atoms with E-state index in [4.69, 9.17) is 16.0 Å². The summed E-state index contributed by atoms with van der Waals surface area (Å²) in [6, 6.07) is 10.7. The molecule has 2 aromatic rings. The van der Waals surface area contributed by atoms with Crippen LogP contribution in [0.4, 0.5) is 0 Å². The van der Waals surface area contributed by atoms with Crippen LogP contribution < -0.4 is 5.32 Å². The summed E-state index contributed by atoms with van der Waals surface area (Å²) in [7, 11) is 0. The minimum Gasteiger partial charge on any atom is -0.464 e. The first-order chi connectivity index (χ1) is 10.1. The molecule has 0 aliphatic rings. The van der Waals surface area contributed by atoms with E-state index in [2.05, 4.69) is 5.32 Å². The molecule has 0 bridgehead atoms. The average molecular weight is 306 g/mol. The third kappa shape index (κ3) is 4.48. The molecule has 4 nitrogen and oxygen atoms in total. The minimum atomic E-state index is -0.864. The summed E-state index contributed by atoms with van der Waals surface area (Å²) in [5.41, 5.74) is 0.761. The summed E-state index contributed by atoms with van der Waals surface area (Å²) in [4.78, 5) is 11.7. The van der Waals surface area contributed by atoms with Crippen LogP contribution in [-0.2, 0) is 4.79 Å². The fraction of sp³-hybridized carbons (Fsp3) is 0.188. The Kier molecular flexibility index (Phi) is 5.20. The lowest BCUT2D eigenvalue weighted by Crippen LogP contribution is -2.26. The van der Waals surface area contributed by atoms with Crippen LogP contribution in [0.5, 0.6) is 0 Å². The highest BCUT2D eigenvalue weighted by Crippen LogP contribution is 2.16. The zero-order valence-electron chi connectivity index (χ0n) is 11.5. The van der Waals surface area contributed by atoms with Gasteiger partial charge in [-0.15, -0.1) is 0 Å². The summed E-state index contributed by atoms with van der Waals surface area (Å²) in [5.74, 6) is 0.842. The highest BCUT2D eigenvalue weighted by atomic mass is 35.5. The van der Waals surface area contributed by atoms with Crippen molar-refractivity contribution < 1.29 is 14.3 Å². The molecule has 0 saturated carbocycles. The SMILES string of the molecule is Cc1ccc(C(O)CNC(=O)/C=C/c2ccccc2Cl)o1. The normalized spacial score (nSPS) is 12.5. The maximum Gasteiger partial charge on any atom is 0.244 e. The molecule has 0 aliphatic carbocycles. The number of carbonyl (C=O) groups is 1. The van der Waals surface area contributed by atoms with Gasteiger partial charge < -0.3 is 14.8 Å². The fourth-order valence-corrected chi connectivity index (χ4v) is 1.96. The summed E-state index contributed by atoms with van der Waals surface area (Å²) >= 11 is 5.98. The Hall–Kier alpha value is -2.04. The van der Waals surface area contributed by atoms with Gasteiger partial charge in [0, 0.05) is 11.1 Å². The van der Waals surface area contributed by atoms with E-state index in [1.165, 1.54) is 6.08 Å². The molecule has 0 aliphatic heterocycles. The van der Waals surface area contributed by atoms with Crippen molar-refractivity contribution >= 4 is 23.6 Å². The number of aliphatic hydroxyl groups is 1. The fourth-order valence-electron chi connectivity index (χ4n) is 1.77. The molecule has 0 radical (unpaired) electrons. The molecule has 0 saturated heterocycles. The van der Waals surface area contributed by atoms with Crippen LogP contribution in [0.1, 0.15) is 23.2 Å². The van der Waals surface area contributed by atoms with Crippen molar-refractivity contribution in [2.45, 2.75) is 13.0 Å². The van der Waals surface area contributed by atoms with E-state index in [1.807, 2.05) is 18.2 Å². The van der Waals surface area contributed by atoms with E-state index in [-0.39, 0.29) is 12.5 Å². The Balaban J connectivity index is 1.86. The van der Waals surface area contributed by atoms with Crippen molar-refractivity contribution in [3.8, 4) is 0 Å². The number of rotatable bonds is 5. The number of hydrogen-bond donors (Lipinski definition) is 2. The predicted octanol–water partition coefficient (Wildman–Crippen LogP) is 3.10. The van der Waals surface area contributed by atoms with Gasteiger partial charge in [0.1, 0.15) is 17.6 Å². The second kappa shape index (κ2) is 7.11. The molecule has 1 aromatic carbocycles. The van der Waals surface area contributed by atoms with Crippen LogP contribution in [0.3, 0.4) is 0 Å². The van der Waals surface area contributed by atoms with E-state index < -0.39 is 6.10 Å². The van der Waals surface area contributed by atoms with Crippen molar-refractivity contribution in [3.05, 3.63) is 64.6 Å².